The van der Waals surface area contributed by atoms with Gasteiger partial charge in [0.05, 0.1) is 27.3 Å². The second-order valence-corrected chi connectivity index (χ2v) is 17.1. The molecule has 4 heterocycles. The van der Waals surface area contributed by atoms with Gasteiger partial charge in [-0.15, -0.1) is 22.7 Å². The summed E-state index contributed by atoms with van der Waals surface area (Å²) in [6.07, 6.45) is 4.27. The number of nitrogens with zero attached hydrogens (tertiary/aromatic N) is 3. The summed E-state index contributed by atoms with van der Waals surface area (Å²) in [6.45, 7) is 6.40. The third-order valence-electron chi connectivity index (χ3n) is 11.7. The highest BCUT2D eigenvalue weighted by Gasteiger charge is 2.28. The Balaban J connectivity index is 1.13. The van der Waals surface area contributed by atoms with Gasteiger partial charge < -0.3 is 4.90 Å². The molecule has 1 aliphatic rings. The summed E-state index contributed by atoms with van der Waals surface area (Å²) in [5.74, 6) is 0.714. The first-order valence-corrected chi connectivity index (χ1v) is 21.2. The largest absolute Gasteiger partial charge is 0.309 e. The number of hydrogen-bond acceptors (Lipinski definition) is 5. The van der Waals surface area contributed by atoms with Crippen LogP contribution < -0.4 is 4.90 Å². The van der Waals surface area contributed by atoms with Crippen LogP contribution in [0.4, 0.5) is 17.1 Å². The van der Waals surface area contributed by atoms with Crippen LogP contribution in [0.5, 0.6) is 0 Å². The number of aromatic nitrogens is 2. The lowest BCUT2D eigenvalue weighted by Gasteiger charge is -2.34. The first-order valence-electron chi connectivity index (χ1n) is 19.5. The molecule has 5 heteroatoms. The Morgan fingerprint density at radius 2 is 1.28 bits per heavy atom. The van der Waals surface area contributed by atoms with E-state index in [4.69, 9.17) is 9.97 Å². The van der Waals surface area contributed by atoms with E-state index < -0.39 is 0 Å². The fourth-order valence-electron chi connectivity index (χ4n) is 9.11. The number of thiophene rings is 2. The number of anilines is 3. The van der Waals surface area contributed by atoms with Crippen LogP contribution in [0.25, 0.3) is 103 Å². The van der Waals surface area contributed by atoms with Crippen LogP contribution in [0.15, 0.2) is 164 Å². The van der Waals surface area contributed by atoms with Crippen molar-refractivity contribution in [2.24, 2.45) is 0 Å². The molecule has 3 aromatic heterocycles. The van der Waals surface area contributed by atoms with Crippen molar-refractivity contribution in [1.29, 1.82) is 0 Å². The van der Waals surface area contributed by atoms with Crippen LogP contribution in [0.3, 0.4) is 0 Å². The highest BCUT2D eigenvalue weighted by Crippen LogP contribution is 2.54. The van der Waals surface area contributed by atoms with Crippen molar-refractivity contribution in [1.82, 2.24) is 9.97 Å². The van der Waals surface area contributed by atoms with E-state index in [9.17, 15) is 0 Å². The minimum Gasteiger partial charge on any atom is -0.309 e. The summed E-state index contributed by atoms with van der Waals surface area (Å²) in [7, 11) is 0. The first kappa shape index (κ1) is 33.2. The summed E-state index contributed by atoms with van der Waals surface area (Å²) < 4.78 is 3.55. The molecular weight excluding hydrogens is 743 g/mol. The van der Waals surface area contributed by atoms with E-state index in [0.717, 1.165) is 65.8 Å². The molecule has 0 spiro atoms. The maximum Gasteiger partial charge on any atom is 0.161 e. The van der Waals surface area contributed by atoms with E-state index in [-0.39, 0.29) is 0 Å². The lowest BCUT2D eigenvalue weighted by Crippen LogP contribution is -2.15. The Bertz CT molecular complexity index is 3560. The normalized spacial score (nSPS) is 12.7. The van der Waals surface area contributed by atoms with Gasteiger partial charge in [0.15, 0.2) is 5.82 Å². The van der Waals surface area contributed by atoms with Crippen LogP contribution in [0.1, 0.15) is 23.1 Å². The topological polar surface area (TPSA) is 29.0 Å². The number of rotatable bonds is 5. The SMILES string of the molecule is C=Cc1c(/C=C(\C)c2nc(-c3cc(N4c5ccc6ccccc6c5-c5cccc6cccc4c56)cc4ccccc34)nc3c2sc2ccccc23)sc2ccccc12. The summed E-state index contributed by atoms with van der Waals surface area (Å²) in [6, 6.07) is 57.1. The van der Waals surface area contributed by atoms with Gasteiger partial charge in [-0.05, 0) is 93.0 Å². The standard InChI is InChI=1S/C53H33N3S2/c1-3-36-39-20-8-10-24-45(39)57-47(36)28-31(2)50-52-51(40-21-9-11-25-46(40)58-52)55-53(54-50)42-30-35(29-34-15-5-6-18-37(34)42)56-43-23-13-17-33-16-12-22-41(48(33)43)49-38-19-7-4-14-32(38)26-27-44(49)56/h3-30H,1H2,2H3/b31-28+. The Hall–Kier alpha value is -6.92. The Morgan fingerprint density at radius 1 is 0.586 bits per heavy atom. The van der Waals surface area contributed by atoms with Crippen LogP contribution in [0.2, 0.25) is 0 Å². The number of hydrogen-bond donors (Lipinski definition) is 0. The first-order chi connectivity index (χ1) is 28.6. The number of benzene rings is 8. The summed E-state index contributed by atoms with van der Waals surface area (Å²) >= 11 is 3.57. The van der Waals surface area contributed by atoms with Crippen LogP contribution in [-0.2, 0) is 0 Å². The molecule has 58 heavy (non-hydrogen) atoms. The molecule has 12 rings (SSSR count). The highest BCUT2D eigenvalue weighted by atomic mass is 32.1. The van der Waals surface area contributed by atoms with E-state index in [1.54, 1.807) is 22.7 Å². The second-order valence-electron chi connectivity index (χ2n) is 15.0. The zero-order valence-electron chi connectivity index (χ0n) is 31.5. The molecule has 272 valence electrons. The lowest BCUT2D eigenvalue weighted by molar-refractivity contribution is 1.21. The van der Waals surface area contributed by atoms with Crippen molar-refractivity contribution in [3.63, 3.8) is 0 Å². The molecule has 0 saturated heterocycles. The molecule has 0 unspecified atom stereocenters. The van der Waals surface area contributed by atoms with Crippen molar-refractivity contribution in [2.45, 2.75) is 6.92 Å². The zero-order valence-corrected chi connectivity index (χ0v) is 33.2. The fourth-order valence-corrected chi connectivity index (χ4v) is 11.5. The van der Waals surface area contributed by atoms with Crippen molar-refractivity contribution in [3.8, 4) is 22.5 Å². The average molecular weight is 776 g/mol. The molecule has 0 atom stereocenters. The molecule has 1 aliphatic heterocycles. The third kappa shape index (κ3) is 4.91. The predicted octanol–water partition coefficient (Wildman–Crippen LogP) is 15.8. The van der Waals surface area contributed by atoms with E-state index in [2.05, 4.69) is 182 Å². The molecule has 0 saturated carbocycles. The van der Waals surface area contributed by atoms with Crippen molar-refractivity contribution in [3.05, 3.63) is 180 Å². The van der Waals surface area contributed by atoms with Gasteiger partial charge in [-0.25, -0.2) is 9.97 Å². The smallest absolute Gasteiger partial charge is 0.161 e. The van der Waals surface area contributed by atoms with Gasteiger partial charge in [-0.1, -0.05) is 134 Å². The minimum atomic E-state index is 0.714. The molecule has 0 radical (unpaired) electrons. The molecule has 0 bridgehead atoms. The van der Waals surface area contributed by atoms with Gasteiger partial charge in [0.2, 0.25) is 0 Å². The van der Waals surface area contributed by atoms with Gasteiger partial charge in [0.25, 0.3) is 0 Å². The van der Waals surface area contributed by atoms with Gasteiger partial charge in [0.1, 0.15) is 0 Å². The van der Waals surface area contributed by atoms with E-state index >= 15 is 0 Å². The number of allylic oxidation sites excluding steroid dienone is 1. The van der Waals surface area contributed by atoms with Crippen LogP contribution in [0, 0.1) is 0 Å². The molecule has 0 fully saturated rings. The summed E-state index contributed by atoms with van der Waals surface area (Å²) in [5, 5.41) is 9.59. The predicted molar refractivity (Wildman–Crippen MR) is 252 cm³/mol. The second kappa shape index (κ2) is 12.8. The highest BCUT2D eigenvalue weighted by molar-refractivity contribution is 7.26. The average Bonchev–Trinajstić information content (AvgIpc) is 3.83. The fraction of sp³-hybridized carbons (Fsp3) is 0.0189. The molecule has 8 aromatic carbocycles. The van der Waals surface area contributed by atoms with Gasteiger partial charge in [0, 0.05) is 47.2 Å². The summed E-state index contributed by atoms with van der Waals surface area (Å²) in [4.78, 5) is 14.7. The van der Waals surface area contributed by atoms with Gasteiger partial charge >= 0.3 is 0 Å². The van der Waals surface area contributed by atoms with E-state index in [0.29, 0.717) is 5.82 Å². The summed E-state index contributed by atoms with van der Waals surface area (Å²) in [5.41, 5.74) is 11.1. The number of fused-ring (bicyclic) bond motifs is 9. The molecule has 0 N–H and O–H groups in total. The van der Waals surface area contributed by atoms with E-state index in [1.165, 1.54) is 52.3 Å². The quantitative estimate of drug-likeness (QED) is 0.174. The third-order valence-corrected chi connectivity index (χ3v) is 14.0. The van der Waals surface area contributed by atoms with E-state index in [1.807, 2.05) is 6.08 Å². The van der Waals surface area contributed by atoms with Crippen LogP contribution in [-0.4, -0.2) is 9.97 Å². The lowest BCUT2D eigenvalue weighted by atomic mass is 9.87. The molecule has 0 amide bonds. The van der Waals surface area contributed by atoms with Crippen molar-refractivity contribution in [2.75, 3.05) is 4.90 Å². The van der Waals surface area contributed by atoms with Gasteiger partial charge in [-0.2, -0.15) is 0 Å². The van der Waals surface area contributed by atoms with Crippen LogP contribution >= 0.6 is 22.7 Å². The maximum absolute atomic E-state index is 5.56. The Labute approximate surface area is 343 Å². The van der Waals surface area contributed by atoms with Crippen molar-refractivity contribution < 1.29 is 0 Å². The Kier molecular flexibility index (Phi) is 7.34. The zero-order chi connectivity index (χ0) is 38.5. The molecule has 0 aliphatic carbocycles. The molecule has 3 nitrogen and oxygen atoms in total. The van der Waals surface area contributed by atoms with Crippen molar-refractivity contribution >= 4 is 120 Å². The monoisotopic (exact) mass is 775 g/mol. The molecular formula is C53H33N3S2. The molecule has 11 aromatic rings. The maximum atomic E-state index is 5.56. The van der Waals surface area contributed by atoms with Gasteiger partial charge in [-0.3, -0.25) is 0 Å². The minimum absolute atomic E-state index is 0.714. The Morgan fingerprint density at radius 3 is 2.10 bits per heavy atom.